The van der Waals surface area contributed by atoms with Gasteiger partial charge in [-0.3, -0.25) is 9.80 Å². The number of piperidine rings is 1. The Bertz CT molecular complexity index is 930. The molecule has 7 heteroatoms. The van der Waals surface area contributed by atoms with Crippen LogP contribution in [0.15, 0.2) is 48.5 Å². The summed E-state index contributed by atoms with van der Waals surface area (Å²) in [4.78, 5) is 19.8. The normalized spacial score (nSPS) is 21.2. The second-order valence-electron chi connectivity index (χ2n) is 9.21. The minimum Gasteiger partial charge on any atom is -0.454 e. The van der Waals surface area contributed by atoms with Crippen molar-refractivity contribution in [1.29, 1.82) is 0 Å². The van der Waals surface area contributed by atoms with Crippen molar-refractivity contribution in [2.45, 2.75) is 31.8 Å². The van der Waals surface area contributed by atoms with E-state index in [1.165, 1.54) is 17.5 Å². The first-order chi connectivity index (χ1) is 16.2. The summed E-state index contributed by atoms with van der Waals surface area (Å²) in [5.41, 5.74) is 2.52. The number of amides is 2. The van der Waals surface area contributed by atoms with E-state index in [1.54, 1.807) is 0 Å². The fourth-order valence-electron chi connectivity index (χ4n) is 5.09. The fourth-order valence-corrected chi connectivity index (χ4v) is 5.09. The van der Waals surface area contributed by atoms with Crippen LogP contribution in [-0.2, 0) is 13.0 Å². The highest BCUT2D eigenvalue weighted by Crippen LogP contribution is 2.33. The number of hydrogen-bond donors (Lipinski definition) is 1. The zero-order valence-electron chi connectivity index (χ0n) is 19.2. The summed E-state index contributed by atoms with van der Waals surface area (Å²) in [5.74, 6) is 1.70. The SMILES string of the molecule is O=C(NCCc1ccccc1)N1CCC[C@@H](N2CCN(Cc3ccc4c(c3)OCO4)CC2)C1. The summed E-state index contributed by atoms with van der Waals surface area (Å²) < 4.78 is 10.9. The minimum absolute atomic E-state index is 0.0806. The van der Waals surface area contributed by atoms with Gasteiger partial charge in [-0.1, -0.05) is 36.4 Å². The summed E-state index contributed by atoms with van der Waals surface area (Å²) >= 11 is 0. The van der Waals surface area contributed by atoms with Crippen LogP contribution in [0.4, 0.5) is 4.79 Å². The van der Waals surface area contributed by atoms with Crippen LogP contribution in [0, 0.1) is 0 Å². The van der Waals surface area contributed by atoms with Gasteiger partial charge in [0.05, 0.1) is 0 Å². The van der Waals surface area contributed by atoms with E-state index in [0.29, 0.717) is 19.4 Å². The first-order valence-corrected chi connectivity index (χ1v) is 12.2. The maximum Gasteiger partial charge on any atom is 0.317 e. The molecule has 0 bridgehead atoms. The number of rotatable bonds is 6. The number of carbonyl (C=O) groups is 1. The highest BCUT2D eigenvalue weighted by atomic mass is 16.7. The molecule has 3 aliphatic heterocycles. The Morgan fingerprint density at radius 1 is 0.939 bits per heavy atom. The Hall–Kier alpha value is -2.77. The van der Waals surface area contributed by atoms with Gasteiger partial charge in [0.25, 0.3) is 0 Å². The number of urea groups is 1. The van der Waals surface area contributed by atoms with Crippen molar-refractivity contribution in [3.05, 3.63) is 59.7 Å². The molecule has 0 unspecified atom stereocenters. The molecular formula is C26H34N4O3. The van der Waals surface area contributed by atoms with Gasteiger partial charge in [0.2, 0.25) is 6.79 Å². The number of carbonyl (C=O) groups excluding carboxylic acids is 1. The van der Waals surface area contributed by atoms with E-state index in [2.05, 4.69) is 39.4 Å². The van der Waals surface area contributed by atoms with Gasteiger partial charge in [-0.05, 0) is 42.5 Å². The van der Waals surface area contributed by atoms with Gasteiger partial charge in [-0.15, -0.1) is 0 Å². The standard InChI is InChI=1S/C26H34N4O3/c31-26(27-11-10-21-5-2-1-3-6-21)30-12-4-7-23(19-30)29-15-13-28(14-16-29)18-22-8-9-24-25(17-22)33-20-32-24/h1-3,5-6,8-9,17,23H,4,7,10-16,18-20H2,(H,27,31)/t23-/m1/s1. The number of likely N-dealkylation sites (tertiary alicyclic amines) is 1. The molecule has 0 radical (unpaired) electrons. The molecule has 2 amide bonds. The van der Waals surface area contributed by atoms with Crippen molar-refractivity contribution in [1.82, 2.24) is 20.0 Å². The second-order valence-corrected chi connectivity index (χ2v) is 9.21. The third-order valence-electron chi connectivity index (χ3n) is 6.98. The van der Waals surface area contributed by atoms with E-state index in [-0.39, 0.29) is 6.03 Å². The van der Waals surface area contributed by atoms with Crippen LogP contribution in [0.3, 0.4) is 0 Å². The minimum atomic E-state index is 0.0806. The van der Waals surface area contributed by atoms with Crippen molar-refractivity contribution in [3.8, 4) is 11.5 Å². The number of piperazine rings is 1. The topological polar surface area (TPSA) is 57.3 Å². The van der Waals surface area contributed by atoms with Gasteiger partial charge >= 0.3 is 6.03 Å². The van der Waals surface area contributed by atoms with E-state index < -0.39 is 0 Å². The molecule has 176 valence electrons. The van der Waals surface area contributed by atoms with Gasteiger partial charge < -0.3 is 19.7 Å². The van der Waals surface area contributed by atoms with Crippen LogP contribution >= 0.6 is 0 Å². The number of ether oxygens (including phenoxy) is 2. The first kappa shape index (κ1) is 22.0. The molecule has 2 fully saturated rings. The third kappa shape index (κ3) is 5.60. The predicted octanol–water partition coefficient (Wildman–Crippen LogP) is 2.95. The monoisotopic (exact) mass is 450 g/mol. The third-order valence-corrected chi connectivity index (χ3v) is 6.98. The van der Waals surface area contributed by atoms with E-state index >= 15 is 0 Å². The molecular weight excluding hydrogens is 416 g/mol. The molecule has 0 aliphatic carbocycles. The molecule has 33 heavy (non-hydrogen) atoms. The van der Waals surface area contributed by atoms with Gasteiger partial charge in [-0.25, -0.2) is 4.79 Å². The number of benzene rings is 2. The molecule has 2 aromatic rings. The molecule has 0 saturated carbocycles. The lowest BCUT2D eigenvalue weighted by atomic mass is 10.0. The molecule has 3 aliphatic rings. The highest BCUT2D eigenvalue weighted by Gasteiger charge is 2.30. The van der Waals surface area contributed by atoms with Crippen LogP contribution in [0.5, 0.6) is 11.5 Å². The number of fused-ring (bicyclic) bond motifs is 1. The van der Waals surface area contributed by atoms with Gasteiger partial charge in [0.15, 0.2) is 11.5 Å². The van der Waals surface area contributed by atoms with Crippen LogP contribution in [-0.4, -0.2) is 79.4 Å². The van der Waals surface area contributed by atoms with Crippen molar-refractivity contribution < 1.29 is 14.3 Å². The van der Waals surface area contributed by atoms with Crippen LogP contribution in [0.25, 0.3) is 0 Å². The maximum atomic E-state index is 12.7. The first-order valence-electron chi connectivity index (χ1n) is 12.2. The van der Waals surface area contributed by atoms with Crippen molar-refractivity contribution >= 4 is 6.03 Å². The Balaban J connectivity index is 1.06. The molecule has 2 aromatic carbocycles. The number of hydrogen-bond acceptors (Lipinski definition) is 5. The quantitative estimate of drug-likeness (QED) is 0.733. The lowest BCUT2D eigenvalue weighted by Crippen LogP contribution is -2.56. The Morgan fingerprint density at radius 3 is 2.61 bits per heavy atom. The summed E-state index contributed by atoms with van der Waals surface area (Å²) in [5, 5.41) is 3.12. The molecule has 1 N–H and O–H groups in total. The molecule has 0 aromatic heterocycles. The molecule has 7 nitrogen and oxygen atoms in total. The lowest BCUT2D eigenvalue weighted by molar-refractivity contribution is 0.0581. The number of nitrogens with one attached hydrogen (secondary N) is 1. The molecule has 1 atom stereocenters. The zero-order valence-corrected chi connectivity index (χ0v) is 19.2. The van der Waals surface area contributed by atoms with E-state index in [1.807, 2.05) is 29.2 Å². The number of nitrogens with zero attached hydrogens (tertiary/aromatic N) is 3. The summed E-state index contributed by atoms with van der Waals surface area (Å²) in [7, 11) is 0. The van der Waals surface area contributed by atoms with Crippen LogP contribution in [0.2, 0.25) is 0 Å². The molecule has 5 rings (SSSR count). The smallest absolute Gasteiger partial charge is 0.317 e. The fraction of sp³-hybridized carbons (Fsp3) is 0.500. The molecule has 0 spiro atoms. The molecule has 2 saturated heterocycles. The Labute approximate surface area is 196 Å². The second kappa shape index (κ2) is 10.4. The van der Waals surface area contributed by atoms with E-state index in [0.717, 1.165) is 70.2 Å². The predicted molar refractivity (Wildman–Crippen MR) is 128 cm³/mol. The van der Waals surface area contributed by atoms with Crippen LogP contribution < -0.4 is 14.8 Å². The van der Waals surface area contributed by atoms with E-state index in [4.69, 9.17) is 9.47 Å². The van der Waals surface area contributed by atoms with Crippen molar-refractivity contribution in [3.63, 3.8) is 0 Å². The lowest BCUT2D eigenvalue weighted by Gasteiger charge is -2.43. The van der Waals surface area contributed by atoms with Crippen molar-refractivity contribution in [2.75, 3.05) is 52.6 Å². The zero-order chi connectivity index (χ0) is 22.5. The van der Waals surface area contributed by atoms with Gasteiger partial charge in [-0.2, -0.15) is 0 Å². The summed E-state index contributed by atoms with van der Waals surface area (Å²) in [6.45, 7) is 7.84. The summed E-state index contributed by atoms with van der Waals surface area (Å²) in [6.07, 6.45) is 3.12. The Kier molecular flexibility index (Phi) is 6.98. The molecule has 3 heterocycles. The van der Waals surface area contributed by atoms with Crippen LogP contribution in [0.1, 0.15) is 24.0 Å². The van der Waals surface area contributed by atoms with Crippen molar-refractivity contribution in [2.24, 2.45) is 0 Å². The average Bonchev–Trinajstić information content (AvgIpc) is 3.33. The van der Waals surface area contributed by atoms with Gasteiger partial charge in [0.1, 0.15) is 0 Å². The summed E-state index contributed by atoms with van der Waals surface area (Å²) in [6, 6.07) is 17.1. The van der Waals surface area contributed by atoms with Gasteiger partial charge in [0, 0.05) is 58.4 Å². The Morgan fingerprint density at radius 2 is 1.76 bits per heavy atom. The largest absolute Gasteiger partial charge is 0.454 e. The van der Waals surface area contributed by atoms with E-state index in [9.17, 15) is 4.79 Å². The highest BCUT2D eigenvalue weighted by molar-refractivity contribution is 5.74. The maximum absolute atomic E-state index is 12.7. The average molecular weight is 451 g/mol.